The van der Waals surface area contributed by atoms with Gasteiger partial charge >= 0.3 is 0 Å². The van der Waals surface area contributed by atoms with Crippen molar-refractivity contribution in [3.8, 4) is 0 Å². The summed E-state index contributed by atoms with van der Waals surface area (Å²) in [5.74, 6) is -0.325. The molecule has 1 N–H and O–H groups in total. The van der Waals surface area contributed by atoms with E-state index in [4.69, 9.17) is 5.11 Å². The number of carbonyl (C=O) groups is 1. The monoisotopic (exact) mass is 253 g/mol. The highest BCUT2D eigenvalue weighted by atomic mass is 19.1. The van der Waals surface area contributed by atoms with Crippen LogP contribution in [0.15, 0.2) is 24.3 Å². The van der Waals surface area contributed by atoms with Gasteiger partial charge in [0.05, 0.1) is 6.61 Å². The predicted molar refractivity (Wildman–Crippen MR) is 69.2 cm³/mol. The molecule has 0 bridgehead atoms. The Morgan fingerprint density at radius 3 is 2.44 bits per heavy atom. The van der Waals surface area contributed by atoms with Crippen molar-refractivity contribution in [2.75, 3.05) is 26.2 Å². The Morgan fingerprint density at radius 2 is 1.89 bits per heavy atom. The average molecular weight is 253 g/mol. The number of halogens is 1. The Labute approximate surface area is 107 Å². The van der Waals surface area contributed by atoms with Crippen LogP contribution in [0, 0.1) is 5.82 Å². The van der Waals surface area contributed by atoms with Crippen molar-refractivity contribution in [3.05, 3.63) is 35.6 Å². The van der Waals surface area contributed by atoms with Crippen molar-refractivity contribution in [1.29, 1.82) is 0 Å². The van der Waals surface area contributed by atoms with E-state index in [0.29, 0.717) is 25.1 Å². The predicted octanol–water partition coefficient (Wildman–Crippen LogP) is 2.10. The van der Waals surface area contributed by atoms with E-state index in [0.717, 1.165) is 13.0 Å². The van der Waals surface area contributed by atoms with Crippen molar-refractivity contribution in [2.24, 2.45) is 0 Å². The van der Waals surface area contributed by atoms with Crippen LogP contribution in [0.5, 0.6) is 0 Å². The molecule has 0 unspecified atom stereocenters. The second-order valence-corrected chi connectivity index (χ2v) is 4.25. The van der Waals surface area contributed by atoms with Crippen molar-refractivity contribution in [1.82, 2.24) is 4.90 Å². The molecule has 0 saturated carbocycles. The lowest BCUT2D eigenvalue weighted by Crippen LogP contribution is -2.30. The van der Waals surface area contributed by atoms with Gasteiger partial charge in [0.25, 0.3) is 0 Å². The number of carbonyl (C=O) groups excluding carboxylic acids is 1. The summed E-state index contributed by atoms with van der Waals surface area (Å²) in [4.78, 5) is 13.9. The summed E-state index contributed by atoms with van der Waals surface area (Å²) in [5.41, 5.74) is 0.539. The van der Waals surface area contributed by atoms with Crippen molar-refractivity contribution < 1.29 is 14.3 Å². The lowest BCUT2D eigenvalue weighted by Gasteiger charge is -2.19. The largest absolute Gasteiger partial charge is 0.395 e. The van der Waals surface area contributed by atoms with Crippen LogP contribution in [0.25, 0.3) is 0 Å². The molecule has 0 aliphatic carbocycles. The van der Waals surface area contributed by atoms with Crippen molar-refractivity contribution in [2.45, 2.75) is 19.8 Å². The summed E-state index contributed by atoms with van der Waals surface area (Å²) >= 11 is 0. The Hall–Kier alpha value is -1.26. The molecule has 0 aromatic heterocycles. The van der Waals surface area contributed by atoms with Gasteiger partial charge in [0, 0.05) is 25.1 Å². The molecule has 0 atom stereocenters. The van der Waals surface area contributed by atoms with Crippen LogP contribution in [-0.2, 0) is 0 Å². The van der Waals surface area contributed by atoms with E-state index in [2.05, 4.69) is 11.8 Å². The van der Waals surface area contributed by atoms with E-state index >= 15 is 0 Å². The SMILES string of the molecule is CCCN(CCO)CCC(=O)c1ccc(F)cc1. The van der Waals surface area contributed by atoms with Crippen LogP contribution in [0.3, 0.4) is 0 Å². The molecule has 0 heterocycles. The third-order valence-corrected chi connectivity index (χ3v) is 2.78. The minimum absolute atomic E-state index is 0.00837. The Balaban J connectivity index is 2.46. The first-order chi connectivity index (χ1) is 8.67. The standard InChI is InChI=1S/C14H20FNO2/c1-2-8-16(10-11-17)9-7-14(18)12-3-5-13(15)6-4-12/h3-6,17H,2,7-11H2,1H3. The smallest absolute Gasteiger partial charge is 0.164 e. The topological polar surface area (TPSA) is 40.5 Å². The molecule has 0 aliphatic rings. The molecule has 18 heavy (non-hydrogen) atoms. The molecule has 100 valence electrons. The summed E-state index contributed by atoms with van der Waals surface area (Å²) in [5, 5.41) is 8.91. The summed E-state index contributed by atoms with van der Waals surface area (Å²) in [6.07, 6.45) is 1.39. The first kappa shape index (κ1) is 14.8. The van der Waals surface area contributed by atoms with Gasteiger partial charge in [0.2, 0.25) is 0 Å². The van der Waals surface area contributed by atoms with Crippen molar-refractivity contribution >= 4 is 5.78 Å². The second-order valence-electron chi connectivity index (χ2n) is 4.25. The van der Waals surface area contributed by atoms with Gasteiger partial charge in [-0.2, -0.15) is 0 Å². The van der Waals surface area contributed by atoms with Gasteiger partial charge in [-0.1, -0.05) is 6.92 Å². The van der Waals surface area contributed by atoms with Gasteiger partial charge < -0.3 is 10.0 Å². The van der Waals surface area contributed by atoms with Crippen LogP contribution in [0.1, 0.15) is 30.1 Å². The summed E-state index contributed by atoms with van der Waals surface area (Å²) in [6.45, 7) is 4.25. The second kappa shape index (κ2) is 7.95. The molecule has 0 fully saturated rings. The first-order valence-corrected chi connectivity index (χ1v) is 6.29. The Morgan fingerprint density at radius 1 is 1.22 bits per heavy atom. The Bertz CT molecular complexity index is 359. The van der Waals surface area contributed by atoms with E-state index in [1.807, 2.05) is 0 Å². The van der Waals surface area contributed by atoms with Gasteiger partial charge in [-0.15, -0.1) is 0 Å². The maximum absolute atomic E-state index is 12.7. The maximum Gasteiger partial charge on any atom is 0.164 e. The number of hydrogen-bond donors (Lipinski definition) is 1. The molecular weight excluding hydrogens is 233 g/mol. The molecule has 1 rings (SSSR count). The fourth-order valence-corrected chi connectivity index (χ4v) is 1.83. The summed E-state index contributed by atoms with van der Waals surface area (Å²) in [6, 6.07) is 5.61. The quantitative estimate of drug-likeness (QED) is 0.721. The van der Waals surface area contributed by atoms with Crippen molar-refractivity contribution in [3.63, 3.8) is 0 Å². The third-order valence-electron chi connectivity index (χ3n) is 2.78. The minimum Gasteiger partial charge on any atom is -0.395 e. The molecule has 1 aromatic rings. The molecule has 0 spiro atoms. The van der Waals surface area contributed by atoms with E-state index in [1.165, 1.54) is 24.3 Å². The number of aliphatic hydroxyl groups is 1. The molecule has 1 aromatic carbocycles. The van der Waals surface area contributed by atoms with Gasteiger partial charge in [0.15, 0.2) is 5.78 Å². The van der Waals surface area contributed by atoms with Gasteiger partial charge in [-0.25, -0.2) is 4.39 Å². The fraction of sp³-hybridized carbons (Fsp3) is 0.500. The zero-order chi connectivity index (χ0) is 13.4. The molecule has 0 saturated heterocycles. The first-order valence-electron chi connectivity index (χ1n) is 6.29. The molecule has 0 aliphatic heterocycles. The number of ketones is 1. The highest BCUT2D eigenvalue weighted by Gasteiger charge is 2.09. The molecule has 0 radical (unpaired) electrons. The lowest BCUT2D eigenvalue weighted by molar-refractivity contribution is 0.0957. The van der Waals surface area contributed by atoms with E-state index in [1.54, 1.807) is 0 Å². The number of Topliss-reactive ketones (excluding diaryl/α,β-unsaturated/α-hetero) is 1. The highest BCUT2D eigenvalue weighted by Crippen LogP contribution is 2.06. The number of nitrogens with zero attached hydrogens (tertiary/aromatic N) is 1. The zero-order valence-corrected chi connectivity index (χ0v) is 10.7. The van der Waals surface area contributed by atoms with E-state index < -0.39 is 0 Å². The fourth-order valence-electron chi connectivity index (χ4n) is 1.83. The number of benzene rings is 1. The normalized spacial score (nSPS) is 10.9. The molecule has 3 nitrogen and oxygen atoms in total. The average Bonchev–Trinajstić information content (AvgIpc) is 2.37. The van der Waals surface area contributed by atoms with Crippen LogP contribution < -0.4 is 0 Å². The van der Waals surface area contributed by atoms with E-state index in [-0.39, 0.29) is 18.2 Å². The molecule has 4 heteroatoms. The van der Waals surface area contributed by atoms with E-state index in [9.17, 15) is 9.18 Å². The van der Waals surface area contributed by atoms with Gasteiger partial charge in [-0.3, -0.25) is 4.79 Å². The summed E-state index contributed by atoms with van der Waals surface area (Å²) in [7, 11) is 0. The third kappa shape index (κ3) is 4.94. The lowest BCUT2D eigenvalue weighted by atomic mass is 10.1. The number of hydrogen-bond acceptors (Lipinski definition) is 3. The van der Waals surface area contributed by atoms with Crippen LogP contribution in [0.4, 0.5) is 4.39 Å². The number of rotatable bonds is 8. The summed E-state index contributed by atoms with van der Waals surface area (Å²) < 4.78 is 12.7. The number of aliphatic hydroxyl groups excluding tert-OH is 1. The Kier molecular flexibility index (Phi) is 6.54. The van der Waals surface area contributed by atoms with Crippen LogP contribution in [-0.4, -0.2) is 42.0 Å². The zero-order valence-electron chi connectivity index (χ0n) is 10.7. The maximum atomic E-state index is 12.7. The molecule has 0 amide bonds. The van der Waals surface area contributed by atoms with Crippen LogP contribution in [0.2, 0.25) is 0 Å². The van der Waals surface area contributed by atoms with Crippen LogP contribution >= 0.6 is 0 Å². The minimum atomic E-state index is -0.334. The molecular formula is C14H20FNO2. The van der Waals surface area contributed by atoms with Gasteiger partial charge in [-0.05, 0) is 37.2 Å². The van der Waals surface area contributed by atoms with Gasteiger partial charge in [0.1, 0.15) is 5.82 Å². The highest BCUT2D eigenvalue weighted by molar-refractivity contribution is 5.96.